The number of rotatable bonds is 12. The maximum atomic E-state index is 6.44. The molecule has 0 amide bonds. The van der Waals surface area contributed by atoms with Crippen molar-refractivity contribution in [2.75, 3.05) is 0 Å². The van der Waals surface area contributed by atoms with Crippen LogP contribution >= 0.6 is 0 Å². The molecular weight excluding hydrogens is 1370 g/mol. The molecule has 16 aromatic carbocycles. The molecule has 10 nitrogen and oxygen atoms in total. The van der Waals surface area contributed by atoms with Crippen molar-refractivity contribution in [3.8, 4) is 124 Å². The first-order valence-corrected chi connectivity index (χ1v) is 37.5. The first kappa shape index (κ1) is 65.1. The fourth-order valence-corrected chi connectivity index (χ4v) is 16.0. The molecular formula is C102H64N8O2. The van der Waals surface area contributed by atoms with Crippen molar-refractivity contribution in [3.63, 3.8) is 0 Å². The summed E-state index contributed by atoms with van der Waals surface area (Å²) in [6.45, 7) is 0. The number of hydrogen-bond acceptors (Lipinski definition) is 8. The van der Waals surface area contributed by atoms with Crippen molar-refractivity contribution in [2.24, 2.45) is 0 Å². The molecule has 0 saturated carbocycles. The summed E-state index contributed by atoms with van der Waals surface area (Å²) < 4.78 is 17.6. The third-order valence-corrected chi connectivity index (χ3v) is 21.3. The van der Waals surface area contributed by atoms with Gasteiger partial charge in [0.1, 0.15) is 22.3 Å². The minimum absolute atomic E-state index is 0.632. The van der Waals surface area contributed by atoms with E-state index >= 15 is 0 Å². The highest BCUT2D eigenvalue weighted by atomic mass is 16.3. The average Bonchev–Trinajstić information content (AvgIpc) is 1.58. The quantitative estimate of drug-likeness (QED) is 0.119. The Hall–Kier alpha value is -15.3. The van der Waals surface area contributed by atoms with E-state index in [0.29, 0.717) is 34.9 Å². The number of nitrogens with zero attached hydrogens (tertiary/aromatic N) is 8. The maximum absolute atomic E-state index is 6.44. The molecule has 10 heteroatoms. The van der Waals surface area contributed by atoms with E-state index in [9.17, 15) is 0 Å². The van der Waals surface area contributed by atoms with Gasteiger partial charge in [0.05, 0.1) is 22.1 Å². The first-order valence-electron chi connectivity index (χ1n) is 37.5. The molecule has 524 valence electrons. The third-order valence-electron chi connectivity index (χ3n) is 21.3. The van der Waals surface area contributed by atoms with Gasteiger partial charge in [-0.1, -0.05) is 309 Å². The lowest BCUT2D eigenvalue weighted by Gasteiger charge is -2.12. The summed E-state index contributed by atoms with van der Waals surface area (Å²) in [5.74, 6) is 3.86. The summed E-state index contributed by atoms with van der Waals surface area (Å²) in [7, 11) is 0. The Morgan fingerprint density at radius 1 is 0.170 bits per heavy atom. The topological polar surface area (TPSA) is 113 Å². The number of furan rings is 2. The first-order chi connectivity index (χ1) is 55.5. The maximum Gasteiger partial charge on any atom is 0.164 e. The second-order valence-corrected chi connectivity index (χ2v) is 28.1. The zero-order valence-corrected chi connectivity index (χ0v) is 60.3. The van der Waals surface area contributed by atoms with Crippen molar-refractivity contribution >= 4 is 87.5 Å². The molecule has 6 aromatic heterocycles. The molecule has 22 rings (SSSR count). The average molecular weight is 1430 g/mol. The predicted octanol–water partition coefficient (Wildman–Crippen LogP) is 26.4. The van der Waals surface area contributed by atoms with Crippen LogP contribution in [0.1, 0.15) is 0 Å². The number of hydrogen-bond donors (Lipinski definition) is 0. The standard InChI is InChI=1S/2C51H32N4O/c1-3-14-33(15-4-1)49-52-50(34-16-5-2-6-17-34)54-51(53-49)38-20-11-18-35(30-38)36-19-12-21-39(31-36)55-45-26-9-7-22-41(45)44-32-37(28-29-46(44)55)40-24-13-25-43-42-23-8-10-27-47(42)56-48(40)43;1-3-13-34(14-4-1)49-52-50(35-15-5-2-6-16-35)54-51(53-49)36-27-25-33(26-28-36)37-17-11-18-39(31-37)55-45-23-9-7-19-41(45)44-32-38(29-30-46(44)55)40-21-12-22-43-42-20-8-10-24-47(42)56-48(40)43/h2*1-32H. The number of fused-ring (bicyclic) bond motifs is 12. The highest BCUT2D eigenvalue weighted by molar-refractivity contribution is 6.15. The van der Waals surface area contributed by atoms with Crippen LogP contribution in [0, 0.1) is 0 Å². The van der Waals surface area contributed by atoms with Gasteiger partial charge in [0.25, 0.3) is 0 Å². The summed E-state index contributed by atoms with van der Waals surface area (Å²) in [6.07, 6.45) is 0. The van der Waals surface area contributed by atoms with Crippen LogP contribution in [0.25, 0.3) is 212 Å². The van der Waals surface area contributed by atoms with Crippen LogP contribution < -0.4 is 0 Å². The Labute approximate surface area is 643 Å². The number of para-hydroxylation sites is 6. The van der Waals surface area contributed by atoms with E-state index in [1.54, 1.807) is 0 Å². The third kappa shape index (κ3) is 11.7. The Kier molecular flexibility index (Phi) is 16.0. The van der Waals surface area contributed by atoms with Crippen LogP contribution in [0.2, 0.25) is 0 Å². The second-order valence-electron chi connectivity index (χ2n) is 28.1. The van der Waals surface area contributed by atoms with E-state index in [4.69, 9.17) is 38.7 Å². The highest BCUT2D eigenvalue weighted by Crippen LogP contribution is 2.44. The van der Waals surface area contributed by atoms with E-state index in [-0.39, 0.29) is 0 Å². The van der Waals surface area contributed by atoms with Gasteiger partial charge in [0.2, 0.25) is 0 Å². The normalized spacial score (nSPS) is 11.6. The van der Waals surface area contributed by atoms with Crippen molar-refractivity contribution < 1.29 is 8.83 Å². The molecule has 0 atom stereocenters. The molecule has 0 bridgehead atoms. The van der Waals surface area contributed by atoms with Crippen molar-refractivity contribution in [3.05, 3.63) is 388 Å². The summed E-state index contributed by atoms with van der Waals surface area (Å²) >= 11 is 0. The minimum Gasteiger partial charge on any atom is -0.455 e. The molecule has 6 heterocycles. The van der Waals surface area contributed by atoms with E-state index in [1.165, 1.54) is 21.5 Å². The Morgan fingerprint density at radius 2 is 0.455 bits per heavy atom. The van der Waals surface area contributed by atoms with E-state index in [2.05, 4.69) is 252 Å². The van der Waals surface area contributed by atoms with Gasteiger partial charge in [-0.25, -0.2) is 29.9 Å². The Morgan fingerprint density at radius 3 is 0.884 bits per heavy atom. The van der Waals surface area contributed by atoms with Crippen LogP contribution in [0.4, 0.5) is 0 Å². The van der Waals surface area contributed by atoms with Crippen LogP contribution in [-0.4, -0.2) is 39.0 Å². The SMILES string of the molecule is c1ccc(-c2nc(-c3ccccc3)nc(-c3ccc(-c4cccc(-n5c6ccccc6c6cc(-c7cccc8c7oc7ccccc78)ccc65)c4)cc3)n2)cc1.c1ccc(-c2nc(-c3ccccc3)nc(-c3cccc(-c4cccc(-n5c6ccccc6c6cc(-c7cccc8c7oc7ccccc78)ccc65)c4)c3)n2)cc1. The van der Waals surface area contributed by atoms with E-state index in [1.807, 2.05) is 146 Å². The summed E-state index contributed by atoms with van der Waals surface area (Å²) in [5.41, 5.74) is 24.9. The van der Waals surface area contributed by atoms with Gasteiger partial charge in [-0.2, -0.15) is 0 Å². The zero-order chi connectivity index (χ0) is 74.0. The van der Waals surface area contributed by atoms with Crippen molar-refractivity contribution in [1.29, 1.82) is 0 Å². The Balaban J connectivity index is 0.000000141. The molecule has 0 N–H and O–H groups in total. The molecule has 22 aromatic rings. The van der Waals surface area contributed by atoms with E-state index < -0.39 is 0 Å². The summed E-state index contributed by atoms with van der Waals surface area (Å²) in [4.78, 5) is 29.6. The molecule has 112 heavy (non-hydrogen) atoms. The monoisotopic (exact) mass is 1430 g/mol. The van der Waals surface area contributed by atoms with Crippen LogP contribution in [0.3, 0.4) is 0 Å². The van der Waals surface area contributed by atoms with Crippen LogP contribution in [0.5, 0.6) is 0 Å². The summed E-state index contributed by atoms with van der Waals surface area (Å²) in [5, 5.41) is 9.33. The summed E-state index contributed by atoms with van der Waals surface area (Å²) in [6, 6.07) is 135. The lowest BCUT2D eigenvalue weighted by Crippen LogP contribution is -2.00. The van der Waals surface area contributed by atoms with Gasteiger partial charge in [0.15, 0.2) is 34.9 Å². The largest absolute Gasteiger partial charge is 0.455 e. The van der Waals surface area contributed by atoms with Gasteiger partial charge in [0, 0.05) is 99.0 Å². The lowest BCUT2D eigenvalue weighted by molar-refractivity contribution is 0.669. The second kappa shape index (κ2) is 27.5. The molecule has 0 aliphatic heterocycles. The molecule has 0 aliphatic carbocycles. The molecule has 0 spiro atoms. The van der Waals surface area contributed by atoms with Crippen molar-refractivity contribution in [1.82, 2.24) is 39.0 Å². The van der Waals surface area contributed by atoms with Gasteiger partial charge < -0.3 is 18.0 Å². The van der Waals surface area contributed by atoms with Crippen LogP contribution in [-0.2, 0) is 0 Å². The molecule has 0 unspecified atom stereocenters. The fourth-order valence-electron chi connectivity index (χ4n) is 16.0. The Bertz CT molecular complexity index is 7260. The van der Waals surface area contributed by atoms with Gasteiger partial charge in [-0.05, 0) is 112 Å². The van der Waals surface area contributed by atoms with Gasteiger partial charge >= 0.3 is 0 Å². The predicted molar refractivity (Wildman–Crippen MR) is 457 cm³/mol. The van der Waals surface area contributed by atoms with E-state index in [0.717, 1.165) is 155 Å². The van der Waals surface area contributed by atoms with Gasteiger partial charge in [-0.15, -0.1) is 0 Å². The zero-order valence-electron chi connectivity index (χ0n) is 60.3. The van der Waals surface area contributed by atoms with Crippen LogP contribution in [0.15, 0.2) is 397 Å². The van der Waals surface area contributed by atoms with Crippen molar-refractivity contribution in [2.45, 2.75) is 0 Å². The lowest BCUT2D eigenvalue weighted by atomic mass is 10.0. The smallest absolute Gasteiger partial charge is 0.164 e. The molecule has 0 fully saturated rings. The number of benzene rings is 16. The number of aromatic nitrogens is 8. The highest BCUT2D eigenvalue weighted by Gasteiger charge is 2.22. The molecule has 0 radical (unpaired) electrons. The fraction of sp³-hybridized carbons (Fsp3) is 0. The molecule has 0 aliphatic rings. The minimum atomic E-state index is 0.632. The molecule has 0 saturated heterocycles. The van der Waals surface area contributed by atoms with Gasteiger partial charge in [-0.3, -0.25) is 0 Å².